The lowest BCUT2D eigenvalue weighted by Crippen LogP contribution is -1.96. The zero-order chi connectivity index (χ0) is 20.4. The first-order chi connectivity index (χ1) is 15.4. The number of imidazole rings is 1. The first-order valence-corrected chi connectivity index (χ1v) is 10.6. The monoisotopic (exact) mass is 397 g/mol. The average molecular weight is 397 g/mol. The summed E-state index contributed by atoms with van der Waals surface area (Å²) in [5.41, 5.74) is 8.13. The van der Waals surface area contributed by atoms with E-state index in [2.05, 4.69) is 107 Å². The number of allylic oxidation sites excluding steroid dienone is 1. The summed E-state index contributed by atoms with van der Waals surface area (Å²) in [6.45, 7) is 0.787. The minimum atomic E-state index is 0.787. The van der Waals surface area contributed by atoms with Gasteiger partial charge in [-0.2, -0.15) is 0 Å². The second-order valence-corrected chi connectivity index (χ2v) is 8.14. The molecule has 146 valence electrons. The van der Waals surface area contributed by atoms with Crippen molar-refractivity contribution in [3.63, 3.8) is 0 Å². The molecule has 1 N–H and O–H groups in total. The quantitative estimate of drug-likeness (QED) is 0.326. The summed E-state index contributed by atoms with van der Waals surface area (Å²) < 4.78 is 2.34. The summed E-state index contributed by atoms with van der Waals surface area (Å²) in [4.78, 5) is 8.78. The van der Waals surface area contributed by atoms with Gasteiger partial charge in [-0.3, -0.25) is 0 Å². The lowest BCUT2D eigenvalue weighted by atomic mass is 9.96. The molecule has 31 heavy (non-hydrogen) atoms. The van der Waals surface area contributed by atoms with E-state index < -0.39 is 0 Å². The Hall–Kier alpha value is -4.11. The van der Waals surface area contributed by atoms with Crippen molar-refractivity contribution >= 4 is 38.3 Å². The van der Waals surface area contributed by atoms with E-state index in [9.17, 15) is 0 Å². The Kier molecular flexibility index (Phi) is 3.33. The van der Waals surface area contributed by atoms with Crippen molar-refractivity contribution < 1.29 is 0 Å². The number of nitrogens with zero attached hydrogens (tertiary/aromatic N) is 2. The fourth-order valence-corrected chi connectivity index (χ4v) is 4.93. The molecule has 7 rings (SSSR count). The van der Waals surface area contributed by atoms with Gasteiger partial charge in [0.15, 0.2) is 0 Å². The van der Waals surface area contributed by atoms with Crippen LogP contribution in [0.4, 0.5) is 0 Å². The van der Waals surface area contributed by atoms with Crippen molar-refractivity contribution in [1.29, 1.82) is 0 Å². The predicted molar refractivity (Wildman–Crippen MR) is 128 cm³/mol. The zero-order valence-corrected chi connectivity index (χ0v) is 16.8. The Balaban J connectivity index is 1.56. The van der Waals surface area contributed by atoms with E-state index in [1.165, 1.54) is 38.4 Å². The van der Waals surface area contributed by atoms with Gasteiger partial charge in [0.1, 0.15) is 5.82 Å². The van der Waals surface area contributed by atoms with Gasteiger partial charge in [0, 0.05) is 23.0 Å². The van der Waals surface area contributed by atoms with Crippen LogP contribution in [0.3, 0.4) is 0 Å². The minimum Gasteiger partial charge on any atom is -0.354 e. The third kappa shape index (κ3) is 2.37. The van der Waals surface area contributed by atoms with Crippen LogP contribution in [0.2, 0.25) is 0 Å². The number of aromatic amines is 1. The summed E-state index contributed by atoms with van der Waals surface area (Å²) in [7, 11) is 0. The highest BCUT2D eigenvalue weighted by Gasteiger charge is 2.25. The maximum Gasteiger partial charge on any atom is 0.144 e. The van der Waals surface area contributed by atoms with Crippen LogP contribution in [0.25, 0.3) is 49.7 Å². The average Bonchev–Trinajstić information content (AvgIpc) is 3.33. The molecule has 0 atom stereocenters. The molecule has 3 heteroatoms. The molecule has 0 spiro atoms. The van der Waals surface area contributed by atoms with Crippen molar-refractivity contribution in [3.05, 3.63) is 108 Å². The van der Waals surface area contributed by atoms with Crippen molar-refractivity contribution in [3.8, 4) is 11.4 Å². The Bertz CT molecular complexity index is 1660. The molecule has 0 amide bonds. The smallest absolute Gasteiger partial charge is 0.144 e. The van der Waals surface area contributed by atoms with Crippen LogP contribution in [-0.2, 0) is 6.54 Å². The van der Waals surface area contributed by atoms with E-state index in [0.717, 1.165) is 29.1 Å². The van der Waals surface area contributed by atoms with Crippen molar-refractivity contribution in [1.82, 2.24) is 14.5 Å². The van der Waals surface area contributed by atoms with Crippen LogP contribution >= 0.6 is 0 Å². The van der Waals surface area contributed by atoms with E-state index in [0.29, 0.717) is 0 Å². The van der Waals surface area contributed by atoms with Crippen LogP contribution in [0, 0.1) is 0 Å². The highest BCUT2D eigenvalue weighted by atomic mass is 15.1. The van der Waals surface area contributed by atoms with Crippen molar-refractivity contribution in [2.75, 3.05) is 0 Å². The fraction of sp³-hybridized carbons (Fsp3) is 0.0357. The molecule has 0 bridgehead atoms. The van der Waals surface area contributed by atoms with Crippen LogP contribution in [0.1, 0.15) is 11.3 Å². The molecule has 0 saturated carbocycles. The van der Waals surface area contributed by atoms with E-state index in [4.69, 9.17) is 4.98 Å². The standard InChI is InChI=1S/C28H19N3/c1-2-8-19-17-20(14-13-18(19)7-1)21-15-16-31-25-12-6-5-11-24(25)30-28(31)26-22-9-3-4-10-23(22)29-27(21)26/h1-15,17,29H,16H2. The Morgan fingerprint density at radius 1 is 0.774 bits per heavy atom. The molecule has 0 radical (unpaired) electrons. The van der Waals surface area contributed by atoms with Crippen LogP contribution in [-0.4, -0.2) is 14.5 Å². The highest BCUT2D eigenvalue weighted by Crippen LogP contribution is 2.41. The van der Waals surface area contributed by atoms with E-state index in [1.54, 1.807) is 0 Å². The van der Waals surface area contributed by atoms with Gasteiger partial charge in [0.25, 0.3) is 0 Å². The lowest BCUT2D eigenvalue weighted by Gasteiger charge is -2.09. The zero-order valence-electron chi connectivity index (χ0n) is 16.8. The molecule has 0 fully saturated rings. The number of H-pyrrole nitrogens is 1. The number of aromatic nitrogens is 3. The SMILES string of the molecule is C1=C(c2ccc3ccccc3c2)c2[nH]c3ccccc3c2-c2nc3ccccc3n2C1. The maximum absolute atomic E-state index is 5.06. The lowest BCUT2D eigenvalue weighted by molar-refractivity contribution is 0.866. The second kappa shape index (κ2) is 6.19. The normalized spacial score (nSPS) is 13.2. The number of benzene rings is 4. The molecular formula is C28H19N3. The molecule has 1 aliphatic rings. The molecule has 4 aromatic carbocycles. The van der Waals surface area contributed by atoms with Crippen LogP contribution in [0.15, 0.2) is 97.1 Å². The largest absolute Gasteiger partial charge is 0.354 e. The Labute approximate surface area is 179 Å². The van der Waals surface area contributed by atoms with Gasteiger partial charge in [0.05, 0.1) is 22.3 Å². The van der Waals surface area contributed by atoms with E-state index >= 15 is 0 Å². The number of rotatable bonds is 1. The minimum absolute atomic E-state index is 0.787. The Morgan fingerprint density at radius 2 is 1.58 bits per heavy atom. The summed E-state index contributed by atoms with van der Waals surface area (Å²) in [5, 5.41) is 3.73. The summed E-state index contributed by atoms with van der Waals surface area (Å²) in [6, 6.07) is 32.2. The maximum atomic E-state index is 5.06. The molecule has 3 heterocycles. The van der Waals surface area contributed by atoms with E-state index in [1.807, 2.05) is 0 Å². The van der Waals surface area contributed by atoms with Gasteiger partial charge in [-0.15, -0.1) is 0 Å². The van der Waals surface area contributed by atoms with Crippen molar-refractivity contribution in [2.45, 2.75) is 6.54 Å². The molecule has 6 aromatic rings. The number of nitrogens with one attached hydrogen (secondary N) is 1. The molecule has 2 aromatic heterocycles. The van der Waals surface area contributed by atoms with Gasteiger partial charge in [0.2, 0.25) is 0 Å². The number of fused-ring (bicyclic) bond motifs is 8. The fourth-order valence-electron chi connectivity index (χ4n) is 4.93. The molecule has 0 saturated heterocycles. The van der Waals surface area contributed by atoms with Crippen LogP contribution < -0.4 is 0 Å². The molecular weight excluding hydrogens is 378 g/mol. The first-order valence-electron chi connectivity index (χ1n) is 10.6. The molecule has 1 aliphatic heterocycles. The Morgan fingerprint density at radius 3 is 2.55 bits per heavy atom. The first kappa shape index (κ1) is 16.7. The topological polar surface area (TPSA) is 33.6 Å². The number of hydrogen-bond donors (Lipinski definition) is 1. The number of para-hydroxylation sites is 3. The summed E-state index contributed by atoms with van der Waals surface area (Å²) >= 11 is 0. The van der Waals surface area contributed by atoms with Crippen LogP contribution in [0.5, 0.6) is 0 Å². The third-order valence-electron chi connectivity index (χ3n) is 6.39. The third-order valence-corrected chi connectivity index (χ3v) is 6.39. The summed E-state index contributed by atoms with van der Waals surface area (Å²) in [5.74, 6) is 1.03. The summed E-state index contributed by atoms with van der Waals surface area (Å²) in [6.07, 6.45) is 2.34. The molecule has 3 nitrogen and oxygen atoms in total. The molecule has 0 aliphatic carbocycles. The second-order valence-electron chi connectivity index (χ2n) is 8.14. The van der Waals surface area contributed by atoms with E-state index in [-0.39, 0.29) is 0 Å². The van der Waals surface area contributed by atoms with Gasteiger partial charge in [-0.05, 0) is 40.6 Å². The molecule has 0 unspecified atom stereocenters. The van der Waals surface area contributed by atoms with Gasteiger partial charge >= 0.3 is 0 Å². The van der Waals surface area contributed by atoms with Gasteiger partial charge in [-0.1, -0.05) is 72.8 Å². The van der Waals surface area contributed by atoms with Gasteiger partial charge in [-0.25, -0.2) is 4.98 Å². The highest BCUT2D eigenvalue weighted by molar-refractivity contribution is 6.04. The number of hydrogen-bond acceptors (Lipinski definition) is 1. The van der Waals surface area contributed by atoms with Gasteiger partial charge < -0.3 is 9.55 Å². The van der Waals surface area contributed by atoms with Crippen molar-refractivity contribution in [2.24, 2.45) is 0 Å². The predicted octanol–water partition coefficient (Wildman–Crippen LogP) is 6.78.